The lowest BCUT2D eigenvalue weighted by Crippen LogP contribution is -2.06. The molecule has 24 heavy (non-hydrogen) atoms. The van der Waals surface area contributed by atoms with E-state index in [9.17, 15) is 13.6 Å². The van der Waals surface area contributed by atoms with Crippen LogP contribution >= 0.6 is 11.3 Å². The predicted molar refractivity (Wildman–Crippen MR) is 95.0 cm³/mol. The predicted octanol–water partition coefficient (Wildman–Crippen LogP) is 4.67. The van der Waals surface area contributed by atoms with Crippen molar-refractivity contribution < 1.29 is 8.78 Å². The molecule has 2 aromatic carbocycles. The first kappa shape index (κ1) is 15.0. The summed E-state index contributed by atoms with van der Waals surface area (Å²) < 4.78 is 28.4. The summed E-state index contributed by atoms with van der Waals surface area (Å²) in [7, 11) is 0. The number of rotatable bonds is 2. The van der Waals surface area contributed by atoms with Gasteiger partial charge in [0.15, 0.2) is 5.43 Å². The largest absolute Gasteiger partial charge is 0.385 e. The molecule has 6 heteroatoms. The van der Waals surface area contributed by atoms with Crippen molar-refractivity contribution >= 4 is 48.1 Å². The normalized spacial score (nSPS) is 11.5. The Morgan fingerprint density at radius 2 is 2.04 bits per heavy atom. The highest BCUT2D eigenvalue weighted by atomic mass is 32.1. The van der Waals surface area contributed by atoms with Crippen molar-refractivity contribution in [3.05, 3.63) is 58.4 Å². The fourth-order valence-corrected chi connectivity index (χ4v) is 3.98. The number of halogens is 2. The second kappa shape index (κ2) is 5.49. The van der Waals surface area contributed by atoms with Gasteiger partial charge in [-0.05, 0) is 25.1 Å². The molecule has 0 radical (unpaired) electrons. The van der Waals surface area contributed by atoms with Crippen molar-refractivity contribution in [2.75, 3.05) is 11.9 Å². The Balaban J connectivity index is 2.28. The third kappa shape index (κ3) is 2.14. The van der Waals surface area contributed by atoms with Crippen LogP contribution in [0.5, 0.6) is 0 Å². The van der Waals surface area contributed by atoms with E-state index < -0.39 is 11.6 Å². The second-order valence-electron chi connectivity index (χ2n) is 5.42. The number of hydrogen-bond acceptors (Lipinski definition) is 4. The van der Waals surface area contributed by atoms with Crippen LogP contribution in [0.3, 0.4) is 0 Å². The molecule has 0 unspecified atom stereocenters. The SMILES string of the molecule is CCNc1cccc2ncc3sc4c(F)cc(F)cc4c(=O)c3c12. The molecular weight excluding hydrogens is 330 g/mol. The molecule has 4 rings (SSSR count). The van der Waals surface area contributed by atoms with Gasteiger partial charge in [0.2, 0.25) is 0 Å². The summed E-state index contributed by atoms with van der Waals surface area (Å²) in [6.07, 6.45) is 1.57. The van der Waals surface area contributed by atoms with Gasteiger partial charge >= 0.3 is 0 Å². The molecule has 2 heterocycles. The minimum absolute atomic E-state index is 0.0591. The van der Waals surface area contributed by atoms with Crippen LogP contribution in [0.15, 0.2) is 41.3 Å². The molecular formula is C18H12F2N2OS. The lowest BCUT2D eigenvalue weighted by Gasteiger charge is -2.10. The van der Waals surface area contributed by atoms with Gasteiger partial charge in [-0.1, -0.05) is 6.07 Å². The summed E-state index contributed by atoms with van der Waals surface area (Å²) in [6.45, 7) is 2.64. The molecule has 0 aliphatic carbocycles. The Hall–Kier alpha value is -2.60. The molecule has 0 saturated heterocycles. The molecule has 2 aromatic heterocycles. The van der Waals surface area contributed by atoms with E-state index in [1.807, 2.05) is 25.1 Å². The molecule has 0 aliphatic rings. The summed E-state index contributed by atoms with van der Waals surface area (Å²) in [5.74, 6) is -1.48. The van der Waals surface area contributed by atoms with Crippen LogP contribution in [0.2, 0.25) is 0 Å². The molecule has 0 aliphatic heterocycles. The van der Waals surface area contributed by atoms with E-state index in [0.29, 0.717) is 27.5 Å². The minimum Gasteiger partial charge on any atom is -0.385 e. The lowest BCUT2D eigenvalue weighted by molar-refractivity contribution is 0.593. The van der Waals surface area contributed by atoms with Gasteiger partial charge in [-0.2, -0.15) is 0 Å². The van der Waals surface area contributed by atoms with E-state index in [-0.39, 0.29) is 15.5 Å². The molecule has 1 N–H and O–H groups in total. The zero-order chi connectivity index (χ0) is 16.8. The van der Waals surface area contributed by atoms with Crippen LogP contribution in [0.25, 0.3) is 31.1 Å². The summed E-state index contributed by atoms with van der Waals surface area (Å²) >= 11 is 1.11. The van der Waals surface area contributed by atoms with Crippen molar-refractivity contribution in [2.24, 2.45) is 0 Å². The maximum absolute atomic E-state index is 14.1. The average Bonchev–Trinajstić information content (AvgIpc) is 2.56. The Bertz CT molecular complexity index is 1170. The smallest absolute Gasteiger partial charge is 0.196 e. The highest BCUT2D eigenvalue weighted by molar-refractivity contribution is 7.24. The van der Waals surface area contributed by atoms with Gasteiger partial charge in [0.05, 0.1) is 20.3 Å². The van der Waals surface area contributed by atoms with E-state index in [4.69, 9.17) is 0 Å². The molecule has 0 fully saturated rings. The van der Waals surface area contributed by atoms with Crippen molar-refractivity contribution in [3.8, 4) is 0 Å². The topological polar surface area (TPSA) is 42.0 Å². The van der Waals surface area contributed by atoms with Crippen LogP contribution in [-0.2, 0) is 0 Å². The van der Waals surface area contributed by atoms with E-state index in [1.54, 1.807) is 6.20 Å². The first-order chi connectivity index (χ1) is 11.6. The molecule has 3 nitrogen and oxygen atoms in total. The van der Waals surface area contributed by atoms with Gasteiger partial charge < -0.3 is 5.32 Å². The second-order valence-corrected chi connectivity index (χ2v) is 6.48. The standard InChI is InChI=1S/C18H12F2N2OS/c1-2-21-12-4-3-5-13-15(12)16-14(8-22-13)24-18-10(17(16)23)6-9(19)7-11(18)20/h3-8,21H,2H2,1H3. The molecule has 0 spiro atoms. The van der Waals surface area contributed by atoms with Crippen LogP contribution in [0.1, 0.15) is 6.92 Å². The number of nitrogens with zero attached hydrogens (tertiary/aromatic N) is 1. The van der Waals surface area contributed by atoms with Gasteiger partial charge in [-0.15, -0.1) is 11.3 Å². The summed E-state index contributed by atoms with van der Waals surface area (Å²) in [5.41, 5.74) is 1.07. The number of pyridine rings is 1. The van der Waals surface area contributed by atoms with E-state index in [2.05, 4.69) is 10.3 Å². The molecule has 0 atom stereocenters. The maximum atomic E-state index is 14.1. The number of hydrogen-bond donors (Lipinski definition) is 1. The quantitative estimate of drug-likeness (QED) is 0.425. The fraction of sp³-hybridized carbons (Fsp3) is 0.111. The van der Waals surface area contributed by atoms with Crippen molar-refractivity contribution in [2.45, 2.75) is 6.92 Å². The first-order valence-electron chi connectivity index (χ1n) is 7.47. The Morgan fingerprint density at radius 1 is 1.21 bits per heavy atom. The summed E-state index contributed by atoms with van der Waals surface area (Å²) in [4.78, 5) is 17.4. The zero-order valence-corrected chi connectivity index (χ0v) is 13.5. The van der Waals surface area contributed by atoms with Crippen molar-refractivity contribution in [3.63, 3.8) is 0 Å². The first-order valence-corrected chi connectivity index (χ1v) is 8.29. The summed E-state index contributed by atoms with van der Waals surface area (Å²) in [6, 6.07) is 7.43. The van der Waals surface area contributed by atoms with Gasteiger partial charge in [0, 0.05) is 35.3 Å². The van der Waals surface area contributed by atoms with Crippen LogP contribution < -0.4 is 10.7 Å². The third-order valence-corrected chi connectivity index (χ3v) is 5.07. The van der Waals surface area contributed by atoms with Crippen LogP contribution in [-0.4, -0.2) is 11.5 Å². The minimum atomic E-state index is -0.756. The fourth-order valence-electron chi connectivity index (χ4n) is 2.94. The number of nitrogens with one attached hydrogen (secondary N) is 1. The molecule has 120 valence electrons. The van der Waals surface area contributed by atoms with Crippen LogP contribution in [0, 0.1) is 11.6 Å². The van der Waals surface area contributed by atoms with Gasteiger partial charge in [-0.25, -0.2) is 8.78 Å². The Kier molecular flexibility index (Phi) is 3.42. The molecule has 0 amide bonds. The van der Waals surface area contributed by atoms with Crippen molar-refractivity contribution in [1.82, 2.24) is 4.98 Å². The lowest BCUT2D eigenvalue weighted by atomic mass is 10.1. The van der Waals surface area contributed by atoms with E-state index >= 15 is 0 Å². The van der Waals surface area contributed by atoms with Gasteiger partial charge in [-0.3, -0.25) is 9.78 Å². The van der Waals surface area contributed by atoms with Gasteiger partial charge in [0.1, 0.15) is 11.6 Å². The van der Waals surface area contributed by atoms with E-state index in [0.717, 1.165) is 29.2 Å². The Morgan fingerprint density at radius 3 is 2.83 bits per heavy atom. The Labute approximate surface area is 139 Å². The van der Waals surface area contributed by atoms with Crippen LogP contribution in [0.4, 0.5) is 14.5 Å². The highest BCUT2D eigenvalue weighted by Crippen LogP contribution is 2.33. The average molecular weight is 342 g/mol. The highest BCUT2D eigenvalue weighted by Gasteiger charge is 2.16. The third-order valence-electron chi connectivity index (χ3n) is 3.92. The number of fused-ring (bicyclic) bond motifs is 4. The van der Waals surface area contributed by atoms with Crippen molar-refractivity contribution in [1.29, 1.82) is 0 Å². The number of anilines is 1. The molecule has 0 bridgehead atoms. The zero-order valence-electron chi connectivity index (χ0n) is 12.7. The molecule has 0 saturated carbocycles. The van der Waals surface area contributed by atoms with E-state index in [1.165, 1.54) is 0 Å². The van der Waals surface area contributed by atoms with Gasteiger partial charge in [0.25, 0.3) is 0 Å². The number of aromatic nitrogens is 1. The number of benzene rings is 2. The molecule has 4 aromatic rings. The maximum Gasteiger partial charge on any atom is 0.196 e. The monoisotopic (exact) mass is 342 g/mol. The summed E-state index contributed by atoms with van der Waals surface area (Å²) in [5, 5.41) is 4.41.